The van der Waals surface area contributed by atoms with E-state index in [0.717, 1.165) is 24.4 Å². The summed E-state index contributed by atoms with van der Waals surface area (Å²) in [4.78, 5) is 0. The van der Waals surface area contributed by atoms with Crippen LogP contribution in [0.25, 0.3) is 0 Å². The quantitative estimate of drug-likeness (QED) is 0.886. The van der Waals surface area contributed by atoms with E-state index < -0.39 is 0 Å². The van der Waals surface area contributed by atoms with Gasteiger partial charge < -0.3 is 10.1 Å². The molecule has 0 spiro atoms. The standard InChI is InChI=1S/C17H23N3O/c1-20-9-7-15(19-20)6-8-18-16-10-14(11-16)13-4-3-5-17(12-13)21-2/h3-5,7,9,12,14,16,18H,6,8,10-11H2,1-2H3. The molecule has 1 fully saturated rings. The van der Waals surface area contributed by atoms with Crippen LogP contribution < -0.4 is 10.1 Å². The van der Waals surface area contributed by atoms with Gasteiger partial charge in [-0.25, -0.2) is 0 Å². The van der Waals surface area contributed by atoms with Crippen molar-refractivity contribution < 1.29 is 4.74 Å². The number of benzene rings is 1. The lowest BCUT2D eigenvalue weighted by molar-refractivity contribution is 0.291. The number of aryl methyl sites for hydroxylation is 1. The summed E-state index contributed by atoms with van der Waals surface area (Å²) in [7, 11) is 3.68. The molecule has 0 saturated heterocycles. The van der Waals surface area contributed by atoms with Crippen molar-refractivity contribution in [3.05, 3.63) is 47.8 Å². The molecule has 4 heteroatoms. The second-order valence-electron chi connectivity index (χ2n) is 5.83. The molecule has 0 unspecified atom stereocenters. The molecule has 2 aromatic rings. The van der Waals surface area contributed by atoms with E-state index in [0.29, 0.717) is 12.0 Å². The van der Waals surface area contributed by atoms with Gasteiger partial charge in [-0.15, -0.1) is 0 Å². The highest BCUT2D eigenvalue weighted by Crippen LogP contribution is 2.37. The van der Waals surface area contributed by atoms with Crippen LogP contribution in [0.1, 0.15) is 30.0 Å². The predicted molar refractivity (Wildman–Crippen MR) is 83.7 cm³/mol. The van der Waals surface area contributed by atoms with Crippen LogP contribution in [0, 0.1) is 0 Å². The summed E-state index contributed by atoms with van der Waals surface area (Å²) in [6.45, 7) is 1.01. The highest BCUT2D eigenvalue weighted by molar-refractivity contribution is 5.32. The molecule has 1 aromatic carbocycles. The van der Waals surface area contributed by atoms with Crippen LogP contribution in [0.4, 0.5) is 0 Å². The Morgan fingerprint density at radius 1 is 1.33 bits per heavy atom. The van der Waals surface area contributed by atoms with Gasteiger partial charge in [-0.1, -0.05) is 12.1 Å². The second-order valence-corrected chi connectivity index (χ2v) is 5.83. The average Bonchev–Trinajstić information content (AvgIpc) is 2.87. The maximum Gasteiger partial charge on any atom is 0.119 e. The minimum Gasteiger partial charge on any atom is -0.497 e. The van der Waals surface area contributed by atoms with Crippen molar-refractivity contribution in [3.63, 3.8) is 0 Å². The molecule has 0 atom stereocenters. The summed E-state index contributed by atoms with van der Waals surface area (Å²) in [5, 5.41) is 8.02. The van der Waals surface area contributed by atoms with Gasteiger partial charge >= 0.3 is 0 Å². The monoisotopic (exact) mass is 285 g/mol. The van der Waals surface area contributed by atoms with Crippen molar-refractivity contribution in [1.82, 2.24) is 15.1 Å². The van der Waals surface area contributed by atoms with E-state index in [-0.39, 0.29) is 0 Å². The van der Waals surface area contributed by atoms with Crippen LogP contribution in [0.15, 0.2) is 36.5 Å². The predicted octanol–water partition coefficient (Wildman–Crippen LogP) is 2.51. The first-order valence-corrected chi connectivity index (χ1v) is 7.60. The Bertz CT molecular complexity index is 587. The molecular formula is C17H23N3O. The lowest BCUT2D eigenvalue weighted by Crippen LogP contribution is -2.41. The van der Waals surface area contributed by atoms with Crippen LogP contribution in [-0.4, -0.2) is 29.5 Å². The summed E-state index contributed by atoms with van der Waals surface area (Å²) in [5.74, 6) is 1.63. The van der Waals surface area contributed by atoms with Crippen molar-refractivity contribution in [1.29, 1.82) is 0 Å². The van der Waals surface area contributed by atoms with Gasteiger partial charge in [0.1, 0.15) is 5.75 Å². The average molecular weight is 285 g/mol. The lowest BCUT2D eigenvalue weighted by Gasteiger charge is -2.36. The van der Waals surface area contributed by atoms with Crippen LogP contribution in [0.2, 0.25) is 0 Å². The SMILES string of the molecule is COc1cccc(C2CC(NCCc3ccn(C)n3)C2)c1. The zero-order valence-corrected chi connectivity index (χ0v) is 12.7. The van der Waals surface area contributed by atoms with Crippen molar-refractivity contribution in [2.24, 2.45) is 7.05 Å². The summed E-state index contributed by atoms with van der Waals surface area (Å²) < 4.78 is 7.15. The molecule has 0 radical (unpaired) electrons. The minimum atomic E-state index is 0.643. The molecule has 3 rings (SSSR count). The first kappa shape index (κ1) is 14.1. The molecule has 21 heavy (non-hydrogen) atoms. The zero-order valence-electron chi connectivity index (χ0n) is 12.7. The zero-order chi connectivity index (χ0) is 14.7. The lowest BCUT2D eigenvalue weighted by atomic mass is 9.76. The van der Waals surface area contributed by atoms with Crippen molar-refractivity contribution in [3.8, 4) is 5.75 Å². The molecule has 1 aliphatic carbocycles. The third-order valence-corrected chi connectivity index (χ3v) is 4.29. The van der Waals surface area contributed by atoms with Gasteiger partial charge in [-0.05, 0) is 42.5 Å². The van der Waals surface area contributed by atoms with Gasteiger partial charge in [0.25, 0.3) is 0 Å². The van der Waals surface area contributed by atoms with Crippen molar-refractivity contribution >= 4 is 0 Å². The minimum absolute atomic E-state index is 0.643. The van der Waals surface area contributed by atoms with E-state index in [1.165, 1.54) is 18.4 Å². The molecule has 1 N–H and O–H groups in total. The third-order valence-electron chi connectivity index (χ3n) is 4.29. The number of nitrogens with one attached hydrogen (secondary N) is 1. The molecule has 1 heterocycles. The van der Waals surface area contributed by atoms with E-state index in [1.807, 2.05) is 24.0 Å². The Morgan fingerprint density at radius 2 is 2.19 bits per heavy atom. The summed E-state index contributed by atoms with van der Waals surface area (Å²) >= 11 is 0. The molecule has 1 saturated carbocycles. The summed E-state index contributed by atoms with van der Waals surface area (Å²) in [6.07, 6.45) is 5.43. The number of methoxy groups -OCH3 is 1. The number of nitrogens with zero attached hydrogens (tertiary/aromatic N) is 2. The molecule has 1 aromatic heterocycles. The van der Waals surface area contributed by atoms with Gasteiger partial charge in [0.2, 0.25) is 0 Å². The highest BCUT2D eigenvalue weighted by atomic mass is 16.5. The Morgan fingerprint density at radius 3 is 2.90 bits per heavy atom. The molecule has 0 amide bonds. The van der Waals surface area contributed by atoms with Gasteiger partial charge in [0.15, 0.2) is 0 Å². The number of aromatic nitrogens is 2. The third kappa shape index (κ3) is 3.45. The highest BCUT2D eigenvalue weighted by Gasteiger charge is 2.29. The number of hydrogen-bond donors (Lipinski definition) is 1. The Hall–Kier alpha value is -1.81. The molecule has 4 nitrogen and oxygen atoms in total. The Kier molecular flexibility index (Phi) is 4.25. The fourth-order valence-corrected chi connectivity index (χ4v) is 2.95. The molecule has 0 aliphatic heterocycles. The largest absolute Gasteiger partial charge is 0.497 e. The maximum atomic E-state index is 5.29. The molecular weight excluding hydrogens is 262 g/mol. The number of rotatable bonds is 6. The maximum absolute atomic E-state index is 5.29. The van der Waals surface area contributed by atoms with E-state index in [4.69, 9.17) is 4.74 Å². The van der Waals surface area contributed by atoms with E-state index >= 15 is 0 Å². The second kappa shape index (κ2) is 6.31. The topological polar surface area (TPSA) is 39.1 Å². The fraction of sp³-hybridized carbons (Fsp3) is 0.471. The molecule has 0 bridgehead atoms. The van der Waals surface area contributed by atoms with Crippen LogP contribution >= 0.6 is 0 Å². The van der Waals surface area contributed by atoms with Gasteiger partial charge in [0, 0.05) is 32.3 Å². The number of hydrogen-bond acceptors (Lipinski definition) is 3. The molecule has 1 aliphatic rings. The smallest absolute Gasteiger partial charge is 0.119 e. The Balaban J connectivity index is 1.41. The van der Waals surface area contributed by atoms with Crippen LogP contribution in [0.3, 0.4) is 0 Å². The fourth-order valence-electron chi connectivity index (χ4n) is 2.95. The normalized spacial score (nSPS) is 21.0. The van der Waals surface area contributed by atoms with Gasteiger partial charge in [0.05, 0.1) is 12.8 Å². The van der Waals surface area contributed by atoms with Crippen molar-refractivity contribution in [2.75, 3.05) is 13.7 Å². The molecule has 112 valence electrons. The number of ether oxygens (including phenoxy) is 1. The first-order chi connectivity index (χ1) is 10.2. The van der Waals surface area contributed by atoms with E-state index in [2.05, 4.69) is 34.7 Å². The first-order valence-electron chi connectivity index (χ1n) is 7.60. The van der Waals surface area contributed by atoms with E-state index in [1.54, 1.807) is 7.11 Å². The van der Waals surface area contributed by atoms with Crippen LogP contribution in [0.5, 0.6) is 5.75 Å². The summed E-state index contributed by atoms with van der Waals surface area (Å²) in [5.41, 5.74) is 2.56. The summed E-state index contributed by atoms with van der Waals surface area (Å²) in [6, 6.07) is 11.2. The van der Waals surface area contributed by atoms with Gasteiger partial charge in [-0.3, -0.25) is 4.68 Å². The Labute approximate surface area is 126 Å². The van der Waals surface area contributed by atoms with Crippen molar-refractivity contribution in [2.45, 2.75) is 31.2 Å². The van der Waals surface area contributed by atoms with E-state index in [9.17, 15) is 0 Å². The van der Waals surface area contributed by atoms with Gasteiger partial charge in [-0.2, -0.15) is 5.10 Å². The van der Waals surface area contributed by atoms with Crippen LogP contribution in [-0.2, 0) is 13.5 Å².